The van der Waals surface area contributed by atoms with E-state index in [9.17, 15) is 0 Å². The highest BCUT2D eigenvalue weighted by molar-refractivity contribution is 5.48. The fraction of sp³-hybridized carbons (Fsp3) is 0.438. The minimum absolute atomic E-state index is 0.250. The number of likely N-dealkylation sites (N-methyl/N-ethyl adjacent to an activating group) is 1. The number of carbonyl (C=O) groups is 1. The van der Waals surface area contributed by atoms with Gasteiger partial charge in [-0.1, -0.05) is 17.2 Å². The standard InChI is InChI=1S/C15H22N4O2.CH2O2/c1-4-19(13-7-5-6-12(2)10-13)9-8-16-15-18-17-14(21-15)11-20-3;2-1-3/h5-7,10H,4,8-9,11H2,1-3H3,(H,16,18);1H,(H,2,3). The summed E-state index contributed by atoms with van der Waals surface area (Å²) in [4.78, 5) is 10.7. The number of methoxy groups -OCH3 is 1. The third-order valence-electron chi connectivity index (χ3n) is 3.14. The number of hydrogen-bond donors (Lipinski definition) is 2. The molecule has 0 atom stereocenters. The molecule has 8 nitrogen and oxygen atoms in total. The smallest absolute Gasteiger partial charge is 0.315 e. The number of rotatable bonds is 8. The van der Waals surface area contributed by atoms with Crippen molar-refractivity contribution in [3.05, 3.63) is 35.7 Å². The van der Waals surface area contributed by atoms with E-state index in [-0.39, 0.29) is 6.47 Å². The Morgan fingerprint density at radius 2 is 2.17 bits per heavy atom. The Labute approximate surface area is 141 Å². The lowest BCUT2D eigenvalue weighted by Crippen LogP contribution is -2.28. The van der Waals surface area contributed by atoms with Gasteiger partial charge >= 0.3 is 6.01 Å². The first-order valence-corrected chi connectivity index (χ1v) is 7.59. The second-order valence-electron chi connectivity index (χ2n) is 4.88. The van der Waals surface area contributed by atoms with E-state index >= 15 is 0 Å². The van der Waals surface area contributed by atoms with Gasteiger partial charge in [-0.15, -0.1) is 5.10 Å². The molecule has 0 bridgehead atoms. The second kappa shape index (κ2) is 11.0. The molecule has 0 aliphatic rings. The predicted octanol–water partition coefficient (Wildman–Crippen LogP) is 2.16. The Morgan fingerprint density at radius 1 is 1.42 bits per heavy atom. The molecule has 1 aromatic carbocycles. The molecule has 0 fully saturated rings. The molecule has 0 unspecified atom stereocenters. The Balaban J connectivity index is 0.000000891. The van der Waals surface area contributed by atoms with Gasteiger partial charge in [0.15, 0.2) is 0 Å². The summed E-state index contributed by atoms with van der Waals surface area (Å²) < 4.78 is 10.3. The van der Waals surface area contributed by atoms with E-state index in [1.54, 1.807) is 7.11 Å². The molecule has 0 radical (unpaired) electrons. The number of carboxylic acid groups (broad SMARTS) is 1. The zero-order valence-corrected chi connectivity index (χ0v) is 14.2. The average molecular weight is 336 g/mol. The van der Waals surface area contributed by atoms with Crippen molar-refractivity contribution in [3.8, 4) is 0 Å². The van der Waals surface area contributed by atoms with Gasteiger partial charge in [0, 0.05) is 32.4 Å². The fourth-order valence-electron chi connectivity index (χ4n) is 2.10. The van der Waals surface area contributed by atoms with Gasteiger partial charge < -0.3 is 24.5 Å². The molecule has 2 N–H and O–H groups in total. The van der Waals surface area contributed by atoms with Crippen LogP contribution >= 0.6 is 0 Å². The lowest BCUT2D eigenvalue weighted by Gasteiger charge is -2.23. The van der Waals surface area contributed by atoms with E-state index < -0.39 is 0 Å². The van der Waals surface area contributed by atoms with Gasteiger partial charge in [-0.2, -0.15) is 0 Å². The Hall–Kier alpha value is -2.61. The van der Waals surface area contributed by atoms with Gasteiger partial charge in [0.25, 0.3) is 6.47 Å². The molecule has 0 amide bonds. The van der Waals surface area contributed by atoms with Crippen LogP contribution < -0.4 is 10.2 Å². The summed E-state index contributed by atoms with van der Waals surface area (Å²) >= 11 is 0. The summed E-state index contributed by atoms with van der Waals surface area (Å²) in [7, 11) is 1.60. The van der Waals surface area contributed by atoms with Crippen molar-refractivity contribution in [1.29, 1.82) is 0 Å². The van der Waals surface area contributed by atoms with Crippen molar-refractivity contribution in [2.75, 3.05) is 37.0 Å². The first-order valence-electron chi connectivity index (χ1n) is 7.59. The van der Waals surface area contributed by atoms with Crippen molar-refractivity contribution >= 4 is 18.2 Å². The Kier molecular flexibility index (Phi) is 8.91. The van der Waals surface area contributed by atoms with Crippen LogP contribution in [-0.2, 0) is 16.1 Å². The number of anilines is 2. The third kappa shape index (κ3) is 6.66. The first kappa shape index (κ1) is 19.4. The van der Waals surface area contributed by atoms with Crippen molar-refractivity contribution in [1.82, 2.24) is 10.2 Å². The van der Waals surface area contributed by atoms with Gasteiger partial charge in [-0.25, -0.2) is 0 Å². The van der Waals surface area contributed by atoms with Crippen LogP contribution in [0.15, 0.2) is 28.7 Å². The molecule has 0 aliphatic heterocycles. The van der Waals surface area contributed by atoms with Gasteiger partial charge in [0.05, 0.1) is 0 Å². The van der Waals surface area contributed by atoms with E-state index in [1.165, 1.54) is 11.3 Å². The molecule has 1 heterocycles. The Morgan fingerprint density at radius 3 is 2.79 bits per heavy atom. The Bertz CT molecular complexity index is 603. The summed E-state index contributed by atoms with van der Waals surface area (Å²) in [6.07, 6.45) is 0. The van der Waals surface area contributed by atoms with E-state index in [0.717, 1.165) is 19.6 Å². The highest BCUT2D eigenvalue weighted by Crippen LogP contribution is 2.15. The number of benzene rings is 1. The maximum absolute atomic E-state index is 8.36. The van der Waals surface area contributed by atoms with Crippen LogP contribution in [0.5, 0.6) is 0 Å². The topological polar surface area (TPSA) is 101 Å². The summed E-state index contributed by atoms with van der Waals surface area (Å²) in [6.45, 7) is 6.87. The minimum Gasteiger partial charge on any atom is -0.483 e. The number of nitrogens with zero attached hydrogens (tertiary/aromatic N) is 3. The van der Waals surface area contributed by atoms with Crippen LogP contribution in [0, 0.1) is 6.92 Å². The molecule has 2 aromatic rings. The van der Waals surface area contributed by atoms with E-state index in [0.29, 0.717) is 18.5 Å². The number of ether oxygens (including phenoxy) is 1. The molecule has 0 saturated heterocycles. The van der Waals surface area contributed by atoms with Crippen LogP contribution in [0.25, 0.3) is 0 Å². The number of nitrogens with one attached hydrogen (secondary N) is 1. The molecule has 132 valence electrons. The molecule has 24 heavy (non-hydrogen) atoms. The summed E-state index contributed by atoms with van der Waals surface area (Å²) in [6, 6.07) is 8.93. The molecule has 0 saturated carbocycles. The zero-order valence-electron chi connectivity index (χ0n) is 14.2. The normalized spacial score (nSPS) is 9.79. The van der Waals surface area contributed by atoms with Crippen molar-refractivity contribution in [2.45, 2.75) is 20.5 Å². The molecule has 0 aliphatic carbocycles. The van der Waals surface area contributed by atoms with Crippen molar-refractivity contribution < 1.29 is 19.1 Å². The van der Waals surface area contributed by atoms with Crippen LogP contribution in [-0.4, -0.2) is 48.5 Å². The van der Waals surface area contributed by atoms with Gasteiger partial charge in [0.2, 0.25) is 5.89 Å². The zero-order chi connectivity index (χ0) is 17.8. The fourth-order valence-corrected chi connectivity index (χ4v) is 2.10. The first-order chi connectivity index (χ1) is 11.6. The average Bonchev–Trinajstić information content (AvgIpc) is 3.00. The van der Waals surface area contributed by atoms with Crippen LogP contribution in [0.2, 0.25) is 0 Å². The van der Waals surface area contributed by atoms with E-state index in [4.69, 9.17) is 19.1 Å². The quantitative estimate of drug-likeness (QED) is 0.707. The van der Waals surface area contributed by atoms with Crippen molar-refractivity contribution in [2.24, 2.45) is 0 Å². The summed E-state index contributed by atoms with van der Waals surface area (Å²) in [5.41, 5.74) is 2.49. The van der Waals surface area contributed by atoms with Gasteiger partial charge in [-0.05, 0) is 31.5 Å². The van der Waals surface area contributed by atoms with Gasteiger partial charge in [0.1, 0.15) is 6.61 Å². The van der Waals surface area contributed by atoms with Crippen LogP contribution in [0.4, 0.5) is 11.7 Å². The largest absolute Gasteiger partial charge is 0.483 e. The molecule has 0 spiro atoms. The highest BCUT2D eigenvalue weighted by Gasteiger charge is 2.07. The monoisotopic (exact) mass is 336 g/mol. The van der Waals surface area contributed by atoms with Crippen LogP contribution in [0.3, 0.4) is 0 Å². The third-order valence-corrected chi connectivity index (χ3v) is 3.14. The van der Waals surface area contributed by atoms with Gasteiger partial charge in [-0.3, -0.25) is 4.79 Å². The number of aromatic nitrogens is 2. The van der Waals surface area contributed by atoms with Crippen molar-refractivity contribution in [3.63, 3.8) is 0 Å². The lowest BCUT2D eigenvalue weighted by atomic mass is 10.2. The second-order valence-corrected chi connectivity index (χ2v) is 4.88. The highest BCUT2D eigenvalue weighted by atomic mass is 16.5. The maximum atomic E-state index is 8.36. The number of hydrogen-bond acceptors (Lipinski definition) is 7. The summed E-state index contributed by atoms with van der Waals surface area (Å²) in [5, 5.41) is 17.8. The predicted molar refractivity (Wildman–Crippen MR) is 91.3 cm³/mol. The lowest BCUT2D eigenvalue weighted by molar-refractivity contribution is -0.122. The van der Waals surface area contributed by atoms with Crippen LogP contribution in [0.1, 0.15) is 18.4 Å². The number of aryl methyl sites for hydroxylation is 1. The molecular weight excluding hydrogens is 312 g/mol. The maximum Gasteiger partial charge on any atom is 0.315 e. The molecule has 1 aromatic heterocycles. The molecule has 8 heteroatoms. The SMILES string of the molecule is CCN(CCNc1nnc(COC)o1)c1cccc(C)c1.O=CO. The van der Waals surface area contributed by atoms with E-state index in [2.05, 4.69) is 58.5 Å². The molecule has 2 rings (SSSR count). The minimum atomic E-state index is -0.250. The summed E-state index contributed by atoms with van der Waals surface area (Å²) in [5.74, 6) is 0.478. The van der Waals surface area contributed by atoms with E-state index in [1.807, 2.05) is 0 Å². The molecular formula is C16H24N4O4.